The second-order valence-electron chi connectivity index (χ2n) is 13.2. The number of aromatic hydroxyl groups is 1. The van der Waals surface area contributed by atoms with Gasteiger partial charge in [0.2, 0.25) is 6.29 Å². The van der Waals surface area contributed by atoms with Crippen LogP contribution in [0.25, 0.3) is 0 Å². The maximum atomic E-state index is 14.1. The zero-order valence-electron chi connectivity index (χ0n) is 29.0. The number of rotatable bonds is 10. The van der Waals surface area contributed by atoms with Crippen LogP contribution >= 0.6 is 23.2 Å². The highest BCUT2D eigenvalue weighted by Gasteiger charge is 2.79. The fourth-order valence-corrected chi connectivity index (χ4v) is 7.69. The fourth-order valence-electron chi connectivity index (χ4n) is 7.31. The molecule has 1 spiro atoms. The van der Waals surface area contributed by atoms with E-state index in [4.69, 9.17) is 57.7 Å². The number of aliphatic hydroxyl groups excluding tert-OH is 1. The van der Waals surface area contributed by atoms with Crippen LogP contribution in [0.3, 0.4) is 0 Å². The summed E-state index contributed by atoms with van der Waals surface area (Å²) >= 11 is 12.9. The smallest absolute Gasteiger partial charge is 0.343 e. The molecule has 0 saturated carbocycles. The molecule has 3 aliphatic heterocycles. The molecule has 0 amide bonds. The van der Waals surface area contributed by atoms with Gasteiger partial charge in [-0.2, -0.15) is 0 Å². The van der Waals surface area contributed by atoms with Gasteiger partial charge in [-0.05, 0) is 45.9 Å². The number of esters is 1. The topological polar surface area (TPSA) is 276 Å². The van der Waals surface area contributed by atoms with Gasteiger partial charge in [-0.1, -0.05) is 35.3 Å². The Labute approximate surface area is 320 Å². The van der Waals surface area contributed by atoms with E-state index in [2.05, 4.69) is 0 Å². The van der Waals surface area contributed by atoms with E-state index in [-0.39, 0.29) is 49.5 Å². The summed E-state index contributed by atoms with van der Waals surface area (Å²) in [6, 6.07) is 8.84. The monoisotopic (exact) mass is 803 g/mol. The van der Waals surface area contributed by atoms with Crippen LogP contribution in [-0.4, -0.2) is 102 Å². The number of carbonyl (C=O) groups excluding carboxylic acids is 5. The number of benzene rings is 3. The Morgan fingerprint density at radius 2 is 1.51 bits per heavy atom. The van der Waals surface area contributed by atoms with Crippen molar-refractivity contribution in [2.24, 2.45) is 5.73 Å². The van der Waals surface area contributed by atoms with Crippen molar-refractivity contribution in [2.75, 3.05) is 6.61 Å². The molecule has 7 atom stereocenters. The molecule has 3 aromatic carbocycles. The average Bonchev–Trinajstić information content (AvgIpc) is 3.41. The molecule has 55 heavy (non-hydrogen) atoms. The van der Waals surface area contributed by atoms with Crippen LogP contribution in [0.5, 0.6) is 28.7 Å². The molecule has 3 aliphatic rings. The lowest BCUT2D eigenvalue weighted by atomic mass is 9.59. The molecule has 290 valence electrons. The van der Waals surface area contributed by atoms with Gasteiger partial charge in [0.1, 0.15) is 46.5 Å². The summed E-state index contributed by atoms with van der Waals surface area (Å²) in [6.45, 7) is 2.28. The number of aliphatic hydroxyl groups is 3. The number of nitrogens with two attached hydrogens (primary N) is 1. The van der Waals surface area contributed by atoms with Crippen LogP contribution < -0.4 is 19.9 Å². The summed E-state index contributed by atoms with van der Waals surface area (Å²) in [5, 5.41) is 54.0. The van der Waals surface area contributed by atoms with Crippen molar-refractivity contribution in [3.05, 3.63) is 74.8 Å². The first-order chi connectivity index (χ1) is 25.6. The number of ketones is 4. The average molecular weight is 805 g/mol. The first-order valence-electron chi connectivity index (χ1n) is 16.1. The van der Waals surface area contributed by atoms with Crippen LogP contribution in [0.4, 0.5) is 0 Å². The summed E-state index contributed by atoms with van der Waals surface area (Å²) in [5.41, 5.74) is -6.11. The van der Waals surface area contributed by atoms with Crippen molar-refractivity contribution in [1.29, 1.82) is 0 Å². The Balaban J connectivity index is 1.58. The number of aliphatic carboxylic acids is 1. The van der Waals surface area contributed by atoms with Crippen LogP contribution in [-0.2, 0) is 39.0 Å². The van der Waals surface area contributed by atoms with Gasteiger partial charge in [0.05, 0.1) is 10.0 Å². The van der Waals surface area contributed by atoms with Crippen molar-refractivity contribution in [1.82, 2.24) is 0 Å². The molecule has 3 heterocycles. The molecule has 19 heteroatoms. The van der Waals surface area contributed by atoms with Crippen LogP contribution in [0, 0.1) is 0 Å². The van der Waals surface area contributed by atoms with Gasteiger partial charge in [-0.3, -0.25) is 19.2 Å². The third kappa shape index (κ3) is 5.41. The Kier molecular flexibility index (Phi) is 9.54. The lowest BCUT2D eigenvalue weighted by Gasteiger charge is -2.58. The number of carboxylic acids is 1. The molecule has 1 fully saturated rings. The highest BCUT2D eigenvalue weighted by molar-refractivity contribution is 6.32. The van der Waals surface area contributed by atoms with E-state index >= 15 is 0 Å². The first kappa shape index (κ1) is 39.6. The normalized spacial score (nSPS) is 28.1. The Morgan fingerprint density at radius 3 is 2.07 bits per heavy atom. The van der Waals surface area contributed by atoms with Gasteiger partial charge in [0, 0.05) is 28.8 Å². The maximum Gasteiger partial charge on any atom is 0.343 e. The lowest BCUT2D eigenvalue weighted by Crippen LogP contribution is -2.90. The minimum absolute atomic E-state index is 0.0125. The van der Waals surface area contributed by atoms with Crippen LogP contribution in [0.15, 0.2) is 42.5 Å². The summed E-state index contributed by atoms with van der Waals surface area (Å²) in [4.78, 5) is 77.6. The van der Waals surface area contributed by atoms with E-state index in [0.717, 1.165) is 19.9 Å². The molecule has 0 radical (unpaired) electrons. The maximum absolute atomic E-state index is 14.1. The fraction of sp³-hybridized carbons (Fsp3) is 0.333. The minimum Gasteiger partial charge on any atom is -0.506 e. The van der Waals surface area contributed by atoms with Gasteiger partial charge >= 0.3 is 11.9 Å². The zero-order valence-corrected chi connectivity index (χ0v) is 30.6. The third-order valence-electron chi connectivity index (χ3n) is 10.0. The zero-order chi connectivity index (χ0) is 40.7. The quantitative estimate of drug-likeness (QED) is 0.159. The Morgan fingerprint density at radius 1 is 0.891 bits per heavy atom. The molecule has 2 unspecified atom stereocenters. The molecule has 0 bridgehead atoms. The van der Waals surface area contributed by atoms with Crippen LogP contribution in [0.1, 0.15) is 54.7 Å². The van der Waals surface area contributed by atoms with Crippen molar-refractivity contribution >= 4 is 58.3 Å². The largest absolute Gasteiger partial charge is 0.506 e. The highest BCUT2D eigenvalue weighted by atomic mass is 35.5. The van der Waals surface area contributed by atoms with Crippen LogP contribution in [0.2, 0.25) is 10.0 Å². The Bertz CT molecular complexity index is 2240. The van der Waals surface area contributed by atoms with E-state index < -0.39 is 94.0 Å². The summed E-state index contributed by atoms with van der Waals surface area (Å²) in [6.07, 6.45) is -7.28. The second kappa shape index (κ2) is 13.3. The minimum atomic E-state index is -3.62. The highest BCUT2D eigenvalue weighted by Crippen LogP contribution is 2.60. The molecule has 0 aliphatic carbocycles. The summed E-state index contributed by atoms with van der Waals surface area (Å²) < 4.78 is 29.2. The number of carboxylic acid groups (broad SMARTS) is 1. The number of carbonyl (C=O) groups is 6. The molecule has 1 saturated heterocycles. The summed E-state index contributed by atoms with van der Waals surface area (Å²) in [5.74, 6) is -8.85. The molecular weight excluding hydrogens is 773 g/mol. The Hall–Kier alpha value is -5.14. The predicted molar refractivity (Wildman–Crippen MR) is 184 cm³/mol. The molecule has 0 aromatic heterocycles. The number of fused-ring (bicyclic) bond motifs is 6. The molecule has 6 rings (SSSR count). The van der Waals surface area contributed by atoms with Gasteiger partial charge in [0.15, 0.2) is 52.1 Å². The van der Waals surface area contributed by atoms with Gasteiger partial charge in [0.25, 0.3) is 0 Å². The summed E-state index contributed by atoms with van der Waals surface area (Å²) in [7, 11) is 0. The number of hydrogen-bond donors (Lipinski definition) is 6. The van der Waals surface area contributed by atoms with Crippen molar-refractivity contribution in [3.63, 3.8) is 0 Å². The number of phenolic OH excluding ortho intramolecular Hbond substituents is 1. The van der Waals surface area contributed by atoms with Crippen molar-refractivity contribution in [3.8, 4) is 28.7 Å². The van der Waals surface area contributed by atoms with E-state index in [1.54, 1.807) is 0 Å². The number of ether oxygens (including phenoxy) is 5. The van der Waals surface area contributed by atoms with E-state index in [1.165, 1.54) is 36.4 Å². The number of hydrogen-bond acceptors (Lipinski definition) is 16. The van der Waals surface area contributed by atoms with Crippen molar-refractivity contribution in [2.45, 2.75) is 68.5 Å². The SMILES string of the molecule is CC(=O)C(O)[C@H]1O[C@@H](Oc2cccc3c2C(=O)OC32c3cc(Cl)c(O)cc3Oc3cc(OCC(=O)O)c(Cl)cc32)[C@@](N)(C(C)=O)[C@](O)(C(C)=O)[C@@]1(O)C(C)=O. The van der Waals surface area contributed by atoms with E-state index in [1.807, 2.05) is 0 Å². The van der Waals surface area contributed by atoms with E-state index in [0.29, 0.717) is 13.8 Å². The number of phenols is 1. The van der Waals surface area contributed by atoms with Gasteiger partial charge in [-0.15, -0.1) is 0 Å². The molecular formula is C36H31Cl2NO16. The van der Waals surface area contributed by atoms with Crippen molar-refractivity contribution < 1.29 is 78.0 Å². The second-order valence-corrected chi connectivity index (χ2v) is 14.0. The third-order valence-corrected chi connectivity index (χ3v) is 10.6. The number of Topliss-reactive ketones (excluding diaryl/α,β-unsaturated/α-hetero) is 4. The van der Waals surface area contributed by atoms with Gasteiger partial charge in [-0.25, -0.2) is 9.59 Å². The van der Waals surface area contributed by atoms with E-state index in [9.17, 15) is 49.2 Å². The number of halogens is 2. The first-order valence-corrected chi connectivity index (χ1v) is 16.9. The predicted octanol–water partition coefficient (Wildman–Crippen LogP) is 1.71. The standard InChI is InChI=1S/C36H31Cl2NO16/c1-13(40)29(47)30-35(49,15(3)42)36(50,16(4)43)34(39,14(2)41)32(54-30)53-23-7-5-6-17-28(23)31(48)55-33(17)18-8-20(37)22(44)10-24(18)52-25-11-26(51-12-27(45)46)21(38)9-19(25)33/h5-11,29-30,32,44,47,49-50H,12,39H2,1-4H3,(H,45,46)/t29?,30-,32-,33?,34+,35-,36-/m1/s1. The molecule has 17 nitrogen and oxygen atoms in total. The molecule has 7 N–H and O–H groups in total. The lowest BCUT2D eigenvalue weighted by molar-refractivity contribution is -0.320. The molecule has 3 aromatic rings. The van der Waals surface area contributed by atoms with Gasteiger partial charge < -0.3 is 55.0 Å².